The molecule has 1 aromatic carbocycles. The number of carbonyl (C=O) groups is 1. The molecule has 3 aromatic heterocycles. The number of fused-ring (bicyclic) bond motifs is 1. The van der Waals surface area contributed by atoms with Gasteiger partial charge in [-0.2, -0.15) is 4.98 Å². The van der Waals surface area contributed by atoms with Crippen LogP contribution in [-0.2, 0) is 11.8 Å². The molecule has 1 fully saturated rings. The first-order valence-corrected chi connectivity index (χ1v) is 11.3. The zero-order valence-electron chi connectivity index (χ0n) is 19.6. The zero-order valence-corrected chi connectivity index (χ0v) is 19.6. The lowest BCUT2D eigenvalue weighted by Gasteiger charge is -2.29. The van der Waals surface area contributed by atoms with Crippen LogP contribution in [0.5, 0.6) is 5.88 Å². The van der Waals surface area contributed by atoms with Gasteiger partial charge in [0.25, 0.3) is 5.91 Å². The highest BCUT2D eigenvalue weighted by Crippen LogP contribution is 2.34. The molecule has 0 atom stereocenters. The van der Waals surface area contributed by atoms with E-state index in [9.17, 15) is 4.79 Å². The van der Waals surface area contributed by atoms with Crippen LogP contribution in [0, 0.1) is 0 Å². The van der Waals surface area contributed by atoms with Crippen LogP contribution < -0.4 is 20.7 Å². The first-order chi connectivity index (χ1) is 17.0. The number of imidazole rings is 1. The quantitative estimate of drug-likeness (QED) is 0.414. The number of nitrogens with one attached hydrogen (secondary N) is 1. The highest BCUT2D eigenvalue weighted by atomic mass is 16.5. The van der Waals surface area contributed by atoms with Gasteiger partial charge in [-0.15, -0.1) is 0 Å². The molecule has 0 radical (unpaired) electrons. The summed E-state index contributed by atoms with van der Waals surface area (Å²) in [6.07, 6.45) is 5.03. The van der Waals surface area contributed by atoms with E-state index in [1.54, 1.807) is 18.7 Å². The Morgan fingerprint density at radius 3 is 2.66 bits per heavy atom. The van der Waals surface area contributed by atoms with Crippen molar-refractivity contribution in [3.05, 3.63) is 48.7 Å². The molecule has 1 amide bonds. The molecule has 4 heterocycles. The molecule has 0 saturated carbocycles. The lowest BCUT2D eigenvalue weighted by Crippen LogP contribution is -2.36. The minimum Gasteiger partial charge on any atom is -0.476 e. The molecule has 1 aliphatic rings. The third-order valence-electron chi connectivity index (χ3n) is 5.78. The van der Waals surface area contributed by atoms with Gasteiger partial charge in [0.2, 0.25) is 5.88 Å². The molecule has 4 aromatic rings. The number of hydrogen-bond acceptors (Lipinski definition) is 9. The molecule has 11 heteroatoms. The van der Waals surface area contributed by atoms with E-state index >= 15 is 0 Å². The van der Waals surface area contributed by atoms with E-state index in [1.807, 2.05) is 42.8 Å². The minimum absolute atomic E-state index is 0.00589. The molecule has 0 spiro atoms. The van der Waals surface area contributed by atoms with Crippen LogP contribution >= 0.6 is 0 Å². The summed E-state index contributed by atoms with van der Waals surface area (Å²) in [7, 11) is 1.88. The van der Waals surface area contributed by atoms with Gasteiger partial charge < -0.3 is 30.0 Å². The summed E-state index contributed by atoms with van der Waals surface area (Å²) in [5.41, 5.74) is 9.97. The van der Waals surface area contributed by atoms with Gasteiger partial charge in [-0.1, -0.05) is 0 Å². The number of carbonyl (C=O) groups excluding carboxylic acids is 1. The first-order valence-electron chi connectivity index (χ1n) is 11.3. The van der Waals surface area contributed by atoms with Crippen LogP contribution in [0.3, 0.4) is 0 Å². The van der Waals surface area contributed by atoms with Gasteiger partial charge in [0, 0.05) is 37.7 Å². The predicted octanol–water partition coefficient (Wildman–Crippen LogP) is 2.50. The fraction of sp³-hybridized carbons (Fsp3) is 0.292. The number of anilines is 3. The maximum Gasteiger partial charge on any atom is 0.271 e. The Bertz CT molecular complexity index is 1360. The summed E-state index contributed by atoms with van der Waals surface area (Å²) in [6.45, 7) is 5.33. The van der Waals surface area contributed by atoms with Gasteiger partial charge in [0.1, 0.15) is 11.2 Å². The Morgan fingerprint density at radius 2 is 1.94 bits per heavy atom. The van der Waals surface area contributed by atoms with Crippen molar-refractivity contribution < 1.29 is 14.3 Å². The number of morpholine rings is 1. The molecule has 35 heavy (non-hydrogen) atoms. The van der Waals surface area contributed by atoms with Gasteiger partial charge in [0.05, 0.1) is 43.4 Å². The normalized spacial score (nSPS) is 13.7. The number of nitrogens with zero attached hydrogens (tertiary/aromatic N) is 6. The largest absolute Gasteiger partial charge is 0.476 e. The lowest BCUT2D eigenvalue weighted by molar-refractivity contribution is 0.0996. The molecular formula is C24H26N8O3. The van der Waals surface area contributed by atoms with Crippen molar-refractivity contribution in [2.24, 2.45) is 12.8 Å². The Balaban J connectivity index is 1.53. The minimum atomic E-state index is -0.713. The third kappa shape index (κ3) is 4.45. The Hall–Kier alpha value is -4.25. The maximum absolute atomic E-state index is 12.4. The Morgan fingerprint density at radius 1 is 1.17 bits per heavy atom. The van der Waals surface area contributed by atoms with Crippen LogP contribution in [0.2, 0.25) is 0 Å². The van der Waals surface area contributed by atoms with E-state index < -0.39 is 5.91 Å². The van der Waals surface area contributed by atoms with Crippen molar-refractivity contribution in [3.63, 3.8) is 0 Å². The smallest absolute Gasteiger partial charge is 0.271 e. The summed E-state index contributed by atoms with van der Waals surface area (Å²) >= 11 is 0. The fourth-order valence-corrected chi connectivity index (χ4v) is 4.02. The second kappa shape index (κ2) is 9.55. The van der Waals surface area contributed by atoms with Crippen molar-refractivity contribution in [1.29, 1.82) is 0 Å². The Kier molecular flexibility index (Phi) is 6.15. The molecule has 0 unspecified atom stereocenters. The van der Waals surface area contributed by atoms with Gasteiger partial charge in [-0.05, 0) is 31.2 Å². The average molecular weight is 475 g/mol. The van der Waals surface area contributed by atoms with Crippen LogP contribution in [0.15, 0.2) is 43.0 Å². The number of aryl methyl sites for hydroxylation is 1. The van der Waals surface area contributed by atoms with E-state index in [0.29, 0.717) is 36.6 Å². The van der Waals surface area contributed by atoms with Gasteiger partial charge in [-0.25, -0.2) is 9.97 Å². The Labute approximate surface area is 201 Å². The highest BCUT2D eigenvalue weighted by Gasteiger charge is 2.22. The fourth-order valence-electron chi connectivity index (χ4n) is 4.02. The maximum atomic E-state index is 12.4. The molecule has 0 aliphatic carbocycles. The first kappa shape index (κ1) is 22.5. The molecule has 1 aliphatic heterocycles. The van der Waals surface area contributed by atoms with Crippen molar-refractivity contribution in [3.8, 4) is 17.1 Å². The third-order valence-corrected chi connectivity index (χ3v) is 5.78. The molecule has 5 rings (SSSR count). The van der Waals surface area contributed by atoms with E-state index in [4.69, 9.17) is 15.2 Å². The number of amides is 1. The van der Waals surface area contributed by atoms with Gasteiger partial charge >= 0.3 is 0 Å². The van der Waals surface area contributed by atoms with Gasteiger partial charge in [-0.3, -0.25) is 9.78 Å². The number of aromatic nitrogens is 5. The summed E-state index contributed by atoms with van der Waals surface area (Å²) in [5.74, 6) is -0.245. The van der Waals surface area contributed by atoms with Crippen LogP contribution in [0.1, 0.15) is 17.4 Å². The van der Waals surface area contributed by atoms with Crippen molar-refractivity contribution in [2.75, 3.05) is 43.1 Å². The molecule has 1 saturated heterocycles. The summed E-state index contributed by atoms with van der Waals surface area (Å²) in [4.78, 5) is 32.6. The van der Waals surface area contributed by atoms with Crippen LogP contribution in [-0.4, -0.2) is 63.3 Å². The molecular weight excluding hydrogens is 448 g/mol. The molecule has 0 bridgehead atoms. The number of pyridine rings is 1. The average Bonchev–Trinajstić information content (AvgIpc) is 3.26. The number of rotatable bonds is 7. The second-order valence-electron chi connectivity index (χ2n) is 8.05. The standard InChI is InChI=1S/C24H26N8O3/c1-3-35-24-20(17-12-26-13-18-19(17)27-14-31(18)2)29-21(22(25)33)23(30-24)28-15-4-6-16(7-5-15)32-8-10-34-11-9-32/h4-7,12-14H,3,8-11H2,1-2H3,(H2,25,33)(H,28,30). The summed E-state index contributed by atoms with van der Waals surface area (Å²) < 4.78 is 13.1. The van der Waals surface area contributed by atoms with Crippen molar-refractivity contribution in [2.45, 2.75) is 6.92 Å². The second-order valence-corrected chi connectivity index (χ2v) is 8.05. The zero-order chi connectivity index (χ0) is 24.4. The number of benzene rings is 1. The van der Waals surface area contributed by atoms with Crippen LogP contribution in [0.4, 0.5) is 17.2 Å². The van der Waals surface area contributed by atoms with E-state index in [0.717, 1.165) is 30.0 Å². The molecule has 3 N–H and O–H groups in total. The predicted molar refractivity (Wildman–Crippen MR) is 132 cm³/mol. The monoisotopic (exact) mass is 474 g/mol. The number of ether oxygens (including phenoxy) is 2. The van der Waals surface area contributed by atoms with E-state index in [2.05, 4.69) is 30.2 Å². The molecule has 180 valence electrons. The lowest BCUT2D eigenvalue weighted by atomic mass is 10.1. The van der Waals surface area contributed by atoms with Gasteiger partial charge in [0.15, 0.2) is 11.5 Å². The number of hydrogen-bond donors (Lipinski definition) is 2. The van der Waals surface area contributed by atoms with E-state index in [-0.39, 0.29) is 17.4 Å². The summed E-state index contributed by atoms with van der Waals surface area (Å²) in [6, 6.07) is 7.86. The van der Waals surface area contributed by atoms with E-state index in [1.165, 1.54) is 0 Å². The highest BCUT2D eigenvalue weighted by molar-refractivity contribution is 5.98. The van der Waals surface area contributed by atoms with Crippen molar-refractivity contribution in [1.82, 2.24) is 24.5 Å². The number of nitrogens with two attached hydrogens (primary N) is 1. The molecule has 11 nitrogen and oxygen atoms in total. The number of primary amides is 1. The summed E-state index contributed by atoms with van der Waals surface area (Å²) in [5, 5.41) is 3.17. The van der Waals surface area contributed by atoms with Crippen molar-refractivity contribution >= 4 is 34.1 Å². The SMILES string of the molecule is CCOc1nc(Nc2ccc(N3CCOCC3)cc2)c(C(N)=O)nc1-c1cncc2c1ncn2C. The topological polar surface area (TPSA) is 133 Å². The van der Waals surface area contributed by atoms with Crippen LogP contribution in [0.25, 0.3) is 22.3 Å².